The van der Waals surface area contributed by atoms with Crippen molar-refractivity contribution < 1.29 is 9.47 Å². The Morgan fingerprint density at radius 1 is 1.04 bits per heavy atom. The third-order valence-electron chi connectivity index (χ3n) is 4.07. The first-order valence-corrected chi connectivity index (χ1v) is 9.36. The van der Waals surface area contributed by atoms with Gasteiger partial charge in [0.25, 0.3) is 0 Å². The smallest absolute Gasteiger partial charge is 0.166 e. The zero-order chi connectivity index (χ0) is 17.9. The number of unbranched alkanes of at least 4 members (excludes halogenated alkanes) is 3. The van der Waals surface area contributed by atoms with Crippen LogP contribution in [0.4, 0.5) is 0 Å². The monoisotopic (exact) mass is 361 g/mol. The number of halogens is 1. The zero-order valence-electron chi connectivity index (χ0n) is 15.2. The molecule has 0 aliphatic carbocycles. The van der Waals surface area contributed by atoms with Crippen molar-refractivity contribution in [3.63, 3.8) is 0 Å². The molecule has 0 aliphatic heterocycles. The second kappa shape index (κ2) is 11.0. The van der Waals surface area contributed by atoms with Crippen molar-refractivity contribution in [1.82, 2.24) is 5.32 Å². The summed E-state index contributed by atoms with van der Waals surface area (Å²) in [5, 5.41) is 4.14. The van der Waals surface area contributed by atoms with Crippen LogP contribution in [-0.4, -0.2) is 13.7 Å². The first-order chi connectivity index (χ1) is 12.2. The molecular weight excluding hydrogens is 334 g/mol. The van der Waals surface area contributed by atoms with E-state index in [1.165, 1.54) is 25.7 Å². The Morgan fingerprint density at radius 2 is 1.84 bits per heavy atom. The number of hydrogen-bond donors (Lipinski definition) is 1. The lowest BCUT2D eigenvalue weighted by molar-refractivity contribution is 0.280. The molecule has 3 nitrogen and oxygen atoms in total. The van der Waals surface area contributed by atoms with E-state index in [4.69, 9.17) is 21.1 Å². The summed E-state index contributed by atoms with van der Waals surface area (Å²) in [5.74, 6) is 1.43. The molecule has 0 radical (unpaired) electrons. The Bertz CT molecular complexity index is 631. The highest BCUT2D eigenvalue weighted by atomic mass is 35.5. The fraction of sp³-hybridized carbons (Fsp3) is 0.429. The largest absolute Gasteiger partial charge is 0.493 e. The van der Waals surface area contributed by atoms with E-state index < -0.39 is 0 Å². The van der Waals surface area contributed by atoms with Gasteiger partial charge in [0.1, 0.15) is 6.61 Å². The van der Waals surface area contributed by atoms with E-state index in [9.17, 15) is 0 Å². The van der Waals surface area contributed by atoms with Crippen LogP contribution in [-0.2, 0) is 13.2 Å². The van der Waals surface area contributed by atoms with Gasteiger partial charge in [0, 0.05) is 23.2 Å². The van der Waals surface area contributed by atoms with E-state index in [0.717, 1.165) is 23.4 Å². The molecule has 0 aromatic heterocycles. The van der Waals surface area contributed by atoms with Gasteiger partial charge in [-0.15, -0.1) is 0 Å². The molecule has 0 saturated carbocycles. The van der Waals surface area contributed by atoms with Gasteiger partial charge in [0.15, 0.2) is 11.5 Å². The molecule has 25 heavy (non-hydrogen) atoms. The van der Waals surface area contributed by atoms with Crippen molar-refractivity contribution in [2.75, 3.05) is 13.7 Å². The molecule has 0 heterocycles. The molecule has 0 bridgehead atoms. The maximum absolute atomic E-state index is 6.24. The molecule has 2 aromatic carbocycles. The molecule has 2 aromatic rings. The maximum Gasteiger partial charge on any atom is 0.166 e. The Labute approximate surface area is 156 Å². The summed E-state index contributed by atoms with van der Waals surface area (Å²) < 4.78 is 11.5. The predicted octanol–water partition coefficient (Wildman–Crippen LogP) is 5.60. The van der Waals surface area contributed by atoms with Crippen LogP contribution in [0.15, 0.2) is 42.5 Å². The Hall–Kier alpha value is -1.71. The van der Waals surface area contributed by atoms with Gasteiger partial charge in [-0.05, 0) is 24.6 Å². The fourth-order valence-corrected chi connectivity index (χ4v) is 2.93. The summed E-state index contributed by atoms with van der Waals surface area (Å²) in [6, 6.07) is 13.9. The van der Waals surface area contributed by atoms with Crippen molar-refractivity contribution in [1.29, 1.82) is 0 Å². The van der Waals surface area contributed by atoms with Crippen molar-refractivity contribution >= 4 is 11.6 Å². The van der Waals surface area contributed by atoms with E-state index in [1.807, 2.05) is 36.4 Å². The van der Waals surface area contributed by atoms with Gasteiger partial charge in [-0.2, -0.15) is 0 Å². The zero-order valence-corrected chi connectivity index (χ0v) is 15.9. The third kappa shape index (κ3) is 6.60. The van der Waals surface area contributed by atoms with Crippen LogP contribution in [0.25, 0.3) is 0 Å². The number of methoxy groups -OCH3 is 1. The molecule has 0 spiro atoms. The number of nitrogens with one attached hydrogen (secondary N) is 1. The minimum absolute atomic E-state index is 0.502. The van der Waals surface area contributed by atoms with Crippen LogP contribution in [0.3, 0.4) is 0 Å². The third-order valence-corrected chi connectivity index (χ3v) is 4.28. The summed E-state index contributed by atoms with van der Waals surface area (Å²) in [7, 11) is 1.64. The molecule has 4 heteroatoms. The Balaban J connectivity index is 2.02. The van der Waals surface area contributed by atoms with Crippen LogP contribution in [0.2, 0.25) is 5.02 Å². The fourth-order valence-electron chi connectivity index (χ4n) is 2.70. The standard InChI is InChI=1S/C21H28ClNO2/c1-3-4-5-9-12-23-15-18-13-19(22)14-20(24-2)21(18)25-16-17-10-7-6-8-11-17/h6-8,10-11,13-14,23H,3-5,9,12,15-16H2,1-2H3. The van der Waals surface area contributed by atoms with Gasteiger partial charge in [-0.1, -0.05) is 68.1 Å². The summed E-state index contributed by atoms with van der Waals surface area (Å²) in [6.07, 6.45) is 4.99. The van der Waals surface area contributed by atoms with Crippen molar-refractivity contribution in [2.45, 2.75) is 45.8 Å². The molecule has 1 N–H and O–H groups in total. The first kappa shape index (κ1) is 19.6. The molecule has 2 rings (SSSR count). The second-order valence-corrected chi connectivity index (χ2v) is 6.54. The number of hydrogen-bond acceptors (Lipinski definition) is 3. The quantitative estimate of drug-likeness (QED) is 0.528. The summed E-state index contributed by atoms with van der Waals surface area (Å²) in [4.78, 5) is 0. The minimum atomic E-state index is 0.502. The van der Waals surface area contributed by atoms with Gasteiger partial charge >= 0.3 is 0 Å². The topological polar surface area (TPSA) is 30.5 Å². The molecular formula is C21H28ClNO2. The Kier molecular flexibility index (Phi) is 8.64. The number of benzene rings is 2. The minimum Gasteiger partial charge on any atom is -0.493 e. The van der Waals surface area contributed by atoms with Crippen LogP contribution >= 0.6 is 11.6 Å². The van der Waals surface area contributed by atoms with Crippen molar-refractivity contribution in [2.24, 2.45) is 0 Å². The molecule has 136 valence electrons. The average molecular weight is 362 g/mol. The normalized spacial score (nSPS) is 10.7. The lowest BCUT2D eigenvalue weighted by Crippen LogP contribution is -2.16. The highest BCUT2D eigenvalue weighted by molar-refractivity contribution is 6.30. The second-order valence-electron chi connectivity index (χ2n) is 6.11. The van der Waals surface area contributed by atoms with Gasteiger partial charge < -0.3 is 14.8 Å². The predicted molar refractivity (Wildman–Crippen MR) is 105 cm³/mol. The first-order valence-electron chi connectivity index (χ1n) is 8.98. The Morgan fingerprint density at radius 3 is 2.56 bits per heavy atom. The summed E-state index contributed by atoms with van der Waals surface area (Å²) in [5.41, 5.74) is 2.15. The van der Waals surface area contributed by atoms with Crippen LogP contribution in [0.5, 0.6) is 11.5 Å². The summed E-state index contributed by atoms with van der Waals surface area (Å²) >= 11 is 6.24. The number of ether oxygens (including phenoxy) is 2. The van der Waals surface area contributed by atoms with Gasteiger partial charge in [0.2, 0.25) is 0 Å². The van der Waals surface area contributed by atoms with Crippen LogP contribution in [0, 0.1) is 0 Å². The van der Waals surface area contributed by atoms with E-state index in [0.29, 0.717) is 23.9 Å². The van der Waals surface area contributed by atoms with E-state index in [1.54, 1.807) is 13.2 Å². The molecule has 0 unspecified atom stereocenters. The molecule has 0 amide bonds. The molecule has 0 aliphatic rings. The number of rotatable bonds is 11. The van der Waals surface area contributed by atoms with Gasteiger partial charge in [-0.3, -0.25) is 0 Å². The maximum atomic E-state index is 6.24. The van der Waals surface area contributed by atoms with E-state index in [-0.39, 0.29) is 0 Å². The van der Waals surface area contributed by atoms with Crippen molar-refractivity contribution in [3.8, 4) is 11.5 Å². The van der Waals surface area contributed by atoms with Crippen molar-refractivity contribution in [3.05, 3.63) is 58.6 Å². The lowest BCUT2D eigenvalue weighted by atomic mass is 10.1. The SMILES string of the molecule is CCCCCCNCc1cc(Cl)cc(OC)c1OCc1ccccc1. The lowest BCUT2D eigenvalue weighted by Gasteiger charge is -2.16. The van der Waals surface area contributed by atoms with Crippen LogP contribution < -0.4 is 14.8 Å². The van der Waals surface area contributed by atoms with Gasteiger partial charge in [0.05, 0.1) is 7.11 Å². The highest BCUT2D eigenvalue weighted by Gasteiger charge is 2.13. The molecule has 0 atom stereocenters. The molecule has 0 saturated heterocycles. The van der Waals surface area contributed by atoms with E-state index in [2.05, 4.69) is 12.2 Å². The van der Waals surface area contributed by atoms with E-state index >= 15 is 0 Å². The van der Waals surface area contributed by atoms with Crippen LogP contribution in [0.1, 0.15) is 43.7 Å². The molecule has 0 fully saturated rings. The average Bonchev–Trinajstić information content (AvgIpc) is 2.64. The highest BCUT2D eigenvalue weighted by Crippen LogP contribution is 2.35. The summed E-state index contributed by atoms with van der Waals surface area (Å²) in [6.45, 7) is 4.44. The van der Waals surface area contributed by atoms with Gasteiger partial charge in [-0.25, -0.2) is 0 Å².